The maximum Gasteiger partial charge on any atom is 0.416 e. The lowest BCUT2D eigenvalue weighted by atomic mass is 10.1. The van der Waals surface area contributed by atoms with Crippen molar-refractivity contribution >= 4 is 11.0 Å². The number of hydrogen-bond acceptors (Lipinski definition) is 2. The normalized spacial score (nSPS) is 18.7. The van der Waals surface area contributed by atoms with Gasteiger partial charge in [-0.15, -0.1) is 0 Å². The van der Waals surface area contributed by atoms with Gasteiger partial charge in [0.25, 0.3) is 0 Å². The second-order valence-electron chi connectivity index (χ2n) is 6.70. The molecule has 3 nitrogen and oxygen atoms in total. The number of aromatic nitrogens is 2. The van der Waals surface area contributed by atoms with Crippen LogP contribution in [-0.4, -0.2) is 28.0 Å². The molecule has 2 heterocycles. The van der Waals surface area contributed by atoms with E-state index in [1.165, 1.54) is 24.3 Å². The third-order valence-electron chi connectivity index (χ3n) is 4.81. The molecule has 0 saturated carbocycles. The van der Waals surface area contributed by atoms with Gasteiger partial charge in [-0.3, -0.25) is 4.90 Å². The second kappa shape index (κ2) is 6.39. The van der Waals surface area contributed by atoms with Crippen LogP contribution in [0.5, 0.6) is 0 Å². The van der Waals surface area contributed by atoms with Gasteiger partial charge in [-0.2, -0.15) is 13.2 Å². The Morgan fingerprint density at radius 2 is 1.88 bits per heavy atom. The molecule has 1 atom stereocenters. The van der Waals surface area contributed by atoms with Crippen molar-refractivity contribution < 1.29 is 17.6 Å². The molecule has 0 amide bonds. The van der Waals surface area contributed by atoms with Gasteiger partial charge in [0.1, 0.15) is 11.6 Å². The molecule has 7 heteroatoms. The largest absolute Gasteiger partial charge is 0.416 e. The molecule has 1 saturated heterocycles. The Balaban J connectivity index is 1.43. The van der Waals surface area contributed by atoms with Crippen molar-refractivity contribution in [2.75, 3.05) is 13.1 Å². The van der Waals surface area contributed by atoms with Gasteiger partial charge in [-0.05, 0) is 48.9 Å². The number of H-pyrrole nitrogens is 1. The summed E-state index contributed by atoms with van der Waals surface area (Å²) in [5, 5.41) is 0. The fraction of sp³-hybridized carbons (Fsp3) is 0.316. The van der Waals surface area contributed by atoms with Gasteiger partial charge >= 0.3 is 6.18 Å². The molecule has 1 N–H and O–H groups in total. The van der Waals surface area contributed by atoms with Crippen LogP contribution >= 0.6 is 0 Å². The van der Waals surface area contributed by atoms with E-state index in [0.29, 0.717) is 12.1 Å². The van der Waals surface area contributed by atoms with E-state index in [-0.39, 0.29) is 11.7 Å². The molecule has 1 unspecified atom stereocenters. The highest BCUT2D eigenvalue weighted by Gasteiger charge is 2.30. The van der Waals surface area contributed by atoms with Crippen molar-refractivity contribution in [3.8, 4) is 0 Å². The molecule has 0 bridgehead atoms. The molecule has 1 aliphatic heterocycles. The molecule has 1 aromatic heterocycles. The highest BCUT2D eigenvalue weighted by Crippen LogP contribution is 2.31. The van der Waals surface area contributed by atoms with E-state index >= 15 is 0 Å². The second-order valence-corrected chi connectivity index (χ2v) is 6.70. The molecule has 26 heavy (non-hydrogen) atoms. The average molecular weight is 363 g/mol. The molecular weight excluding hydrogens is 346 g/mol. The highest BCUT2D eigenvalue weighted by molar-refractivity contribution is 5.75. The van der Waals surface area contributed by atoms with Crippen molar-refractivity contribution in [1.82, 2.24) is 14.9 Å². The maximum absolute atomic E-state index is 13.3. The lowest BCUT2D eigenvalue weighted by Crippen LogP contribution is -2.20. The number of imidazole rings is 1. The quantitative estimate of drug-likeness (QED) is 0.684. The van der Waals surface area contributed by atoms with Crippen LogP contribution < -0.4 is 0 Å². The van der Waals surface area contributed by atoms with Crippen LogP contribution in [0.25, 0.3) is 11.0 Å². The molecule has 0 spiro atoms. The molecule has 2 aromatic carbocycles. The van der Waals surface area contributed by atoms with E-state index in [4.69, 9.17) is 0 Å². The van der Waals surface area contributed by atoms with Crippen molar-refractivity contribution in [3.05, 3.63) is 65.2 Å². The monoisotopic (exact) mass is 363 g/mol. The fourth-order valence-electron chi connectivity index (χ4n) is 3.45. The summed E-state index contributed by atoms with van der Waals surface area (Å²) in [5.74, 6) is 0.739. The van der Waals surface area contributed by atoms with E-state index in [9.17, 15) is 17.6 Å². The Hall–Kier alpha value is -2.41. The van der Waals surface area contributed by atoms with Gasteiger partial charge in [0.2, 0.25) is 0 Å². The zero-order valence-corrected chi connectivity index (χ0v) is 13.9. The predicted molar refractivity (Wildman–Crippen MR) is 90.1 cm³/mol. The van der Waals surface area contributed by atoms with Gasteiger partial charge in [0, 0.05) is 19.0 Å². The number of rotatable bonds is 3. The van der Waals surface area contributed by atoms with Gasteiger partial charge in [0.05, 0.1) is 16.6 Å². The zero-order chi connectivity index (χ0) is 18.3. The van der Waals surface area contributed by atoms with Crippen LogP contribution in [0.3, 0.4) is 0 Å². The van der Waals surface area contributed by atoms with Crippen LogP contribution in [-0.2, 0) is 12.7 Å². The molecule has 4 rings (SSSR count). The molecule has 0 radical (unpaired) electrons. The Morgan fingerprint density at radius 3 is 2.62 bits per heavy atom. The number of benzene rings is 2. The third-order valence-corrected chi connectivity index (χ3v) is 4.81. The summed E-state index contributed by atoms with van der Waals surface area (Å²) in [7, 11) is 0. The van der Waals surface area contributed by atoms with Crippen LogP contribution in [0.4, 0.5) is 17.6 Å². The first-order valence-corrected chi connectivity index (χ1v) is 8.42. The number of aromatic amines is 1. The minimum Gasteiger partial charge on any atom is -0.342 e. The lowest BCUT2D eigenvalue weighted by molar-refractivity contribution is -0.137. The van der Waals surface area contributed by atoms with Crippen molar-refractivity contribution in [1.29, 1.82) is 0 Å². The summed E-state index contributed by atoms with van der Waals surface area (Å²) in [6.07, 6.45) is -3.40. The lowest BCUT2D eigenvalue weighted by Gasteiger charge is -2.16. The minimum absolute atomic E-state index is 0.208. The third kappa shape index (κ3) is 3.44. The zero-order valence-electron chi connectivity index (χ0n) is 13.9. The summed E-state index contributed by atoms with van der Waals surface area (Å²) >= 11 is 0. The van der Waals surface area contributed by atoms with Crippen molar-refractivity contribution in [3.63, 3.8) is 0 Å². The molecule has 1 aliphatic rings. The number of alkyl halides is 3. The molecule has 0 aliphatic carbocycles. The molecular formula is C19H17F4N3. The summed E-state index contributed by atoms with van der Waals surface area (Å²) in [5.41, 5.74) is 1.64. The number of hydrogen-bond donors (Lipinski definition) is 1. The number of nitrogens with zero attached hydrogens (tertiary/aromatic N) is 2. The van der Waals surface area contributed by atoms with E-state index in [0.717, 1.165) is 48.5 Å². The Labute approximate surface area is 147 Å². The van der Waals surface area contributed by atoms with Crippen LogP contribution in [0.2, 0.25) is 0 Å². The Kier molecular flexibility index (Phi) is 4.19. The standard InChI is InChI=1S/C19H17F4N3/c20-15-5-6-16-17(9-15)25-18(24-16)13-7-8-26(11-13)10-12-1-3-14(4-2-12)19(21,22)23/h1-6,9,13H,7-8,10-11H2,(H,24,25). The van der Waals surface area contributed by atoms with E-state index in [2.05, 4.69) is 14.9 Å². The Morgan fingerprint density at radius 1 is 1.12 bits per heavy atom. The SMILES string of the molecule is Fc1ccc2nc(C3CCN(Cc4ccc(C(F)(F)F)cc4)C3)[nH]c2c1. The number of halogens is 4. The first-order valence-electron chi connectivity index (χ1n) is 8.42. The summed E-state index contributed by atoms with van der Waals surface area (Å²) in [6, 6.07) is 9.77. The van der Waals surface area contributed by atoms with Gasteiger partial charge in [-0.25, -0.2) is 9.37 Å². The van der Waals surface area contributed by atoms with Gasteiger partial charge in [0.15, 0.2) is 0 Å². The van der Waals surface area contributed by atoms with E-state index < -0.39 is 11.7 Å². The summed E-state index contributed by atoms with van der Waals surface area (Å²) < 4.78 is 51.2. The Bertz CT molecular complexity index is 915. The van der Waals surface area contributed by atoms with Crippen LogP contribution in [0.1, 0.15) is 29.3 Å². The molecule has 1 fully saturated rings. The first-order chi connectivity index (χ1) is 12.4. The van der Waals surface area contributed by atoms with E-state index in [1.807, 2.05) is 0 Å². The van der Waals surface area contributed by atoms with Crippen LogP contribution in [0, 0.1) is 5.82 Å². The smallest absolute Gasteiger partial charge is 0.342 e. The average Bonchev–Trinajstić information content (AvgIpc) is 3.20. The fourth-order valence-corrected chi connectivity index (χ4v) is 3.45. The number of fused-ring (bicyclic) bond motifs is 1. The molecule has 136 valence electrons. The molecule has 3 aromatic rings. The van der Waals surface area contributed by atoms with Crippen molar-refractivity contribution in [2.24, 2.45) is 0 Å². The van der Waals surface area contributed by atoms with Gasteiger partial charge < -0.3 is 4.98 Å². The first kappa shape index (κ1) is 17.0. The summed E-state index contributed by atoms with van der Waals surface area (Å²) in [6.45, 7) is 2.21. The summed E-state index contributed by atoms with van der Waals surface area (Å²) in [4.78, 5) is 9.92. The van der Waals surface area contributed by atoms with Crippen LogP contribution in [0.15, 0.2) is 42.5 Å². The minimum atomic E-state index is -4.31. The number of nitrogens with one attached hydrogen (secondary N) is 1. The predicted octanol–water partition coefficient (Wildman–Crippen LogP) is 4.71. The maximum atomic E-state index is 13.3. The van der Waals surface area contributed by atoms with E-state index in [1.54, 1.807) is 6.07 Å². The topological polar surface area (TPSA) is 31.9 Å². The number of likely N-dealkylation sites (tertiary alicyclic amines) is 1. The van der Waals surface area contributed by atoms with Crippen molar-refractivity contribution in [2.45, 2.75) is 25.1 Å². The highest BCUT2D eigenvalue weighted by atomic mass is 19.4. The van der Waals surface area contributed by atoms with Gasteiger partial charge in [-0.1, -0.05) is 12.1 Å².